The van der Waals surface area contributed by atoms with E-state index in [2.05, 4.69) is 15.9 Å². The van der Waals surface area contributed by atoms with Gasteiger partial charge in [0.15, 0.2) is 0 Å². The lowest BCUT2D eigenvalue weighted by atomic mass is 9.98. The number of aryl methyl sites for hydroxylation is 2. The summed E-state index contributed by atoms with van der Waals surface area (Å²) in [6.07, 6.45) is 0. The molecule has 2 rings (SSSR count). The van der Waals surface area contributed by atoms with Crippen molar-refractivity contribution in [3.05, 3.63) is 68.9 Å². The Hall–Kier alpha value is -0.860. The molecule has 2 aromatic carbocycles. The molecule has 3 heteroatoms. The van der Waals surface area contributed by atoms with Gasteiger partial charge in [-0.3, -0.25) is 0 Å². The second kappa shape index (κ2) is 5.41. The van der Waals surface area contributed by atoms with Crippen LogP contribution in [0, 0.1) is 19.7 Å². The van der Waals surface area contributed by atoms with Crippen LogP contribution >= 0.6 is 27.5 Å². The Balaban J connectivity index is 2.50. The number of hydrogen-bond donors (Lipinski definition) is 0. The molecule has 18 heavy (non-hydrogen) atoms. The molecule has 0 aromatic heterocycles. The zero-order valence-electron chi connectivity index (χ0n) is 10.2. The molecule has 0 N–H and O–H groups in total. The first-order valence-electron chi connectivity index (χ1n) is 5.66. The van der Waals surface area contributed by atoms with Crippen molar-refractivity contribution in [2.24, 2.45) is 0 Å². The van der Waals surface area contributed by atoms with Crippen LogP contribution in [0.5, 0.6) is 0 Å². The molecule has 2 aromatic rings. The van der Waals surface area contributed by atoms with Crippen LogP contribution < -0.4 is 0 Å². The van der Waals surface area contributed by atoms with Crippen molar-refractivity contribution in [2.45, 2.75) is 19.2 Å². The monoisotopic (exact) mass is 326 g/mol. The molecule has 1 unspecified atom stereocenters. The molecule has 0 heterocycles. The smallest absolute Gasteiger partial charge is 0.128 e. The maximum absolute atomic E-state index is 13.7. The van der Waals surface area contributed by atoms with Crippen LogP contribution in [0.25, 0.3) is 0 Å². The van der Waals surface area contributed by atoms with E-state index < -0.39 is 5.38 Å². The third kappa shape index (κ3) is 2.60. The summed E-state index contributed by atoms with van der Waals surface area (Å²) in [6.45, 7) is 3.98. The van der Waals surface area contributed by atoms with E-state index in [4.69, 9.17) is 11.6 Å². The van der Waals surface area contributed by atoms with Gasteiger partial charge in [0.2, 0.25) is 0 Å². The van der Waals surface area contributed by atoms with Crippen molar-refractivity contribution < 1.29 is 4.39 Å². The molecule has 1 atom stereocenters. The second-order valence-electron chi connectivity index (χ2n) is 4.34. The van der Waals surface area contributed by atoms with Gasteiger partial charge >= 0.3 is 0 Å². The molecule has 0 bridgehead atoms. The van der Waals surface area contributed by atoms with Crippen molar-refractivity contribution in [3.8, 4) is 0 Å². The van der Waals surface area contributed by atoms with Crippen LogP contribution in [0.3, 0.4) is 0 Å². The lowest BCUT2D eigenvalue weighted by Crippen LogP contribution is -2.00. The first-order chi connectivity index (χ1) is 8.50. The van der Waals surface area contributed by atoms with E-state index in [1.807, 2.05) is 26.0 Å². The predicted molar refractivity (Wildman–Crippen MR) is 77.7 cm³/mol. The summed E-state index contributed by atoms with van der Waals surface area (Å²) in [5, 5.41) is -0.460. The summed E-state index contributed by atoms with van der Waals surface area (Å²) in [5.74, 6) is -0.266. The SMILES string of the molecule is Cc1cc(C(Cl)c2ccccc2F)c(C)cc1Br. The number of alkyl halides is 1. The maximum Gasteiger partial charge on any atom is 0.128 e. The number of halogens is 3. The van der Waals surface area contributed by atoms with Gasteiger partial charge in [0.25, 0.3) is 0 Å². The van der Waals surface area contributed by atoms with E-state index >= 15 is 0 Å². The van der Waals surface area contributed by atoms with Crippen LogP contribution in [0.15, 0.2) is 40.9 Å². The summed E-state index contributed by atoms with van der Waals surface area (Å²) < 4.78 is 14.8. The highest BCUT2D eigenvalue weighted by molar-refractivity contribution is 9.10. The van der Waals surface area contributed by atoms with Gasteiger partial charge in [-0.25, -0.2) is 4.39 Å². The zero-order valence-corrected chi connectivity index (χ0v) is 12.5. The Kier molecular flexibility index (Phi) is 4.08. The Morgan fingerprint density at radius 2 is 1.72 bits per heavy atom. The minimum Gasteiger partial charge on any atom is -0.207 e. The standard InChI is InChI=1S/C15H13BrClF/c1-9-8-13(16)10(2)7-12(9)15(17)11-5-3-4-6-14(11)18/h3-8,15H,1-2H3. The second-order valence-corrected chi connectivity index (χ2v) is 5.63. The van der Waals surface area contributed by atoms with Gasteiger partial charge in [-0.05, 0) is 42.7 Å². The summed E-state index contributed by atoms with van der Waals surface area (Å²) in [5.41, 5.74) is 3.61. The Morgan fingerprint density at radius 1 is 1.06 bits per heavy atom. The topological polar surface area (TPSA) is 0 Å². The summed E-state index contributed by atoms with van der Waals surface area (Å²) in [6, 6.07) is 10.6. The van der Waals surface area contributed by atoms with Crippen LogP contribution in [-0.4, -0.2) is 0 Å². The summed E-state index contributed by atoms with van der Waals surface area (Å²) in [7, 11) is 0. The van der Waals surface area contributed by atoms with Gasteiger partial charge in [-0.1, -0.05) is 40.2 Å². The van der Waals surface area contributed by atoms with E-state index in [1.54, 1.807) is 18.2 Å². The van der Waals surface area contributed by atoms with Crippen molar-refractivity contribution in [1.82, 2.24) is 0 Å². The highest BCUT2D eigenvalue weighted by Crippen LogP contribution is 2.34. The number of rotatable bonds is 2. The molecular weight excluding hydrogens is 315 g/mol. The van der Waals surface area contributed by atoms with Gasteiger partial charge in [0, 0.05) is 10.0 Å². The van der Waals surface area contributed by atoms with Gasteiger partial charge in [-0.2, -0.15) is 0 Å². The van der Waals surface area contributed by atoms with E-state index in [1.165, 1.54) is 6.07 Å². The largest absolute Gasteiger partial charge is 0.207 e. The predicted octanol–water partition coefficient (Wildman–Crippen LogP) is 5.53. The van der Waals surface area contributed by atoms with Crippen LogP contribution in [0.2, 0.25) is 0 Å². The number of hydrogen-bond acceptors (Lipinski definition) is 0. The fourth-order valence-corrected chi connectivity index (χ4v) is 2.79. The molecule has 0 fully saturated rings. The summed E-state index contributed by atoms with van der Waals surface area (Å²) >= 11 is 9.89. The minimum absolute atomic E-state index is 0.266. The molecule has 0 aliphatic carbocycles. The fourth-order valence-electron chi connectivity index (χ4n) is 1.92. The Labute approximate surface area is 120 Å². The van der Waals surface area contributed by atoms with Crippen molar-refractivity contribution in [2.75, 3.05) is 0 Å². The Morgan fingerprint density at radius 3 is 2.39 bits per heavy atom. The first-order valence-corrected chi connectivity index (χ1v) is 6.89. The van der Waals surface area contributed by atoms with E-state index in [0.29, 0.717) is 5.56 Å². The van der Waals surface area contributed by atoms with Gasteiger partial charge < -0.3 is 0 Å². The molecule has 94 valence electrons. The quantitative estimate of drug-likeness (QED) is 0.636. The lowest BCUT2D eigenvalue weighted by molar-refractivity contribution is 0.612. The maximum atomic E-state index is 13.7. The van der Waals surface area contributed by atoms with Gasteiger partial charge in [0.05, 0.1) is 5.38 Å². The van der Waals surface area contributed by atoms with Crippen LogP contribution in [-0.2, 0) is 0 Å². The van der Waals surface area contributed by atoms with E-state index in [9.17, 15) is 4.39 Å². The Bertz CT molecular complexity index is 581. The van der Waals surface area contributed by atoms with Crippen LogP contribution in [0.1, 0.15) is 27.6 Å². The number of benzene rings is 2. The lowest BCUT2D eigenvalue weighted by Gasteiger charge is -2.15. The molecule has 0 saturated carbocycles. The summed E-state index contributed by atoms with van der Waals surface area (Å²) in [4.78, 5) is 0. The molecular formula is C15H13BrClF. The molecule has 0 amide bonds. The van der Waals surface area contributed by atoms with E-state index in [-0.39, 0.29) is 5.82 Å². The molecule has 0 spiro atoms. The van der Waals surface area contributed by atoms with Gasteiger partial charge in [0.1, 0.15) is 5.82 Å². The third-order valence-corrected chi connectivity index (χ3v) is 4.32. The van der Waals surface area contributed by atoms with Crippen LogP contribution in [0.4, 0.5) is 4.39 Å². The third-order valence-electron chi connectivity index (χ3n) is 3.00. The van der Waals surface area contributed by atoms with Crippen molar-refractivity contribution in [1.29, 1.82) is 0 Å². The highest BCUT2D eigenvalue weighted by atomic mass is 79.9. The molecule has 0 nitrogen and oxygen atoms in total. The normalized spacial score (nSPS) is 12.5. The first kappa shape index (κ1) is 13.6. The molecule has 0 radical (unpaired) electrons. The zero-order chi connectivity index (χ0) is 13.3. The average molecular weight is 328 g/mol. The molecule has 0 aliphatic rings. The fraction of sp³-hybridized carbons (Fsp3) is 0.200. The van der Waals surface area contributed by atoms with E-state index in [0.717, 1.165) is 21.2 Å². The highest BCUT2D eigenvalue weighted by Gasteiger charge is 2.17. The van der Waals surface area contributed by atoms with Crippen molar-refractivity contribution in [3.63, 3.8) is 0 Å². The minimum atomic E-state index is -0.460. The molecule has 0 aliphatic heterocycles. The van der Waals surface area contributed by atoms with Crippen molar-refractivity contribution >= 4 is 27.5 Å². The molecule has 0 saturated heterocycles. The van der Waals surface area contributed by atoms with Gasteiger partial charge in [-0.15, -0.1) is 11.6 Å². The average Bonchev–Trinajstić information content (AvgIpc) is 2.33.